The average molecular weight is 373 g/mol. The monoisotopic (exact) mass is 373 g/mol. The fourth-order valence-electron chi connectivity index (χ4n) is 4.86. The van der Waals surface area contributed by atoms with Gasteiger partial charge in [-0.3, -0.25) is 9.78 Å². The van der Waals surface area contributed by atoms with Gasteiger partial charge in [0.25, 0.3) is 11.7 Å². The maximum absolute atomic E-state index is 13.0. The molecule has 0 bridgehead atoms. The van der Waals surface area contributed by atoms with E-state index >= 15 is 0 Å². The van der Waals surface area contributed by atoms with Gasteiger partial charge in [0.05, 0.1) is 16.9 Å². The molecule has 4 heterocycles. The van der Waals surface area contributed by atoms with Gasteiger partial charge in [-0.05, 0) is 29.9 Å². The first-order chi connectivity index (χ1) is 13.5. The third kappa shape index (κ3) is 1.77. The summed E-state index contributed by atoms with van der Waals surface area (Å²) in [5.41, 5.74) is 3.52. The van der Waals surface area contributed by atoms with Crippen LogP contribution in [-0.4, -0.2) is 38.5 Å². The molecule has 1 saturated heterocycles. The van der Waals surface area contributed by atoms with Gasteiger partial charge < -0.3 is 14.7 Å². The zero-order valence-electron chi connectivity index (χ0n) is 15.6. The summed E-state index contributed by atoms with van der Waals surface area (Å²) in [4.78, 5) is 24.1. The lowest BCUT2D eigenvalue weighted by atomic mass is 9.86. The number of hydrogen-bond donors (Lipinski definition) is 1. The molecule has 3 aromatic rings. The molecule has 2 aromatic heterocycles. The van der Waals surface area contributed by atoms with Crippen molar-refractivity contribution in [1.82, 2.24) is 14.9 Å². The van der Waals surface area contributed by atoms with E-state index in [0.717, 1.165) is 32.9 Å². The molecule has 1 N–H and O–H groups in total. The van der Waals surface area contributed by atoms with Crippen LogP contribution in [0.2, 0.25) is 0 Å². The minimum Gasteiger partial charge on any atom is -0.356 e. The number of pyridine rings is 2. The summed E-state index contributed by atoms with van der Waals surface area (Å²) in [5.74, 6) is -1.88. The number of rotatable bonds is 1. The molecule has 1 fully saturated rings. The molecule has 0 radical (unpaired) electrons. The van der Waals surface area contributed by atoms with Gasteiger partial charge in [0, 0.05) is 29.1 Å². The molecular weight excluding hydrogens is 354 g/mol. The van der Waals surface area contributed by atoms with E-state index in [1.165, 1.54) is 0 Å². The molecule has 0 saturated carbocycles. The van der Waals surface area contributed by atoms with E-state index in [4.69, 9.17) is 9.72 Å². The van der Waals surface area contributed by atoms with Crippen LogP contribution in [0.5, 0.6) is 0 Å². The summed E-state index contributed by atoms with van der Waals surface area (Å²) in [7, 11) is 0. The minimum absolute atomic E-state index is 0.0579. The molecule has 6 nitrogen and oxygen atoms in total. The van der Waals surface area contributed by atoms with Gasteiger partial charge in [-0.2, -0.15) is 0 Å². The number of hydrogen-bond acceptors (Lipinski definition) is 5. The predicted molar refractivity (Wildman–Crippen MR) is 104 cm³/mol. The second-order valence-corrected chi connectivity index (χ2v) is 8.05. The van der Waals surface area contributed by atoms with E-state index in [2.05, 4.69) is 4.98 Å². The van der Waals surface area contributed by atoms with Gasteiger partial charge in [0.2, 0.25) is 0 Å². The summed E-state index contributed by atoms with van der Waals surface area (Å²) in [6, 6.07) is 9.93. The summed E-state index contributed by atoms with van der Waals surface area (Å²) < 4.78 is 6.11. The van der Waals surface area contributed by atoms with Crippen LogP contribution in [0.3, 0.4) is 0 Å². The average Bonchev–Trinajstić information content (AvgIpc) is 3.15. The van der Waals surface area contributed by atoms with Crippen LogP contribution >= 0.6 is 0 Å². The molecular formula is C22H19N3O3. The Hall–Kier alpha value is -2.83. The SMILES string of the molecule is CC(C)[C@H]1O[C@]2(O)C3=C(CCN3C1=O)c1nc3ccccc3c3ccnc2c13. The highest BCUT2D eigenvalue weighted by Crippen LogP contribution is 2.53. The molecule has 2 aliphatic heterocycles. The van der Waals surface area contributed by atoms with Crippen LogP contribution < -0.4 is 0 Å². The van der Waals surface area contributed by atoms with E-state index < -0.39 is 11.9 Å². The van der Waals surface area contributed by atoms with Gasteiger partial charge in [0.1, 0.15) is 11.8 Å². The summed E-state index contributed by atoms with van der Waals surface area (Å²) >= 11 is 0. The van der Waals surface area contributed by atoms with Crippen molar-refractivity contribution in [1.29, 1.82) is 0 Å². The molecule has 1 aromatic carbocycles. The quantitative estimate of drug-likeness (QED) is 0.664. The first-order valence-corrected chi connectivity index (χ1v) is 9.64. The molecule has 28 heavy (non-hydrogen) atoms. The second-order valence-electron chi connectivity index (χ2n) is 8.05. The first-order valence-electron chi connectivity index (χ1n) is 9.64. The van der Waals surface area contributed by atoms with Crippen molar-refractivity contribution >= 4 is 33.2 Å². The minimum atomic E-state index is -1.73. The zero-order chi connectivity index (χ0) is 19.2. The predicted octanol–water partition coefficient (Wildman–Crippen LogP) is 2.94. The lowest BCUT2D eigenvalue weighted by Crippen LogP contribution is -2.56. The third-order valence-electron chi connectivity index (χ3n) is 6.10. The van der Waals surface area contributed by atoms with Crippen LogP contribution in [-0.2, 0) is 15.3 Å². The molecule has 0 spiro atoms. The highest BCUT2D eigenvalue weighted by atomic mass is 16.6. The van der Waals surface area contributed by atoms with E-state index in [1.807, 2.05) is 44.2 Å². The van der Waals surface area contributed by atoms with Gasteiger partial charge in [-0.15, -0.1) is 0 Å². The Morgan fingerprint density at radius 3 is 2.89 bits per heavy atom. The third-order valence-corrected chi connectivity index (χ3v) is 6.10. The van der Waals surface area contributed by atoms with E-state index in [-0.39, 0.29) is 11.8 Å². The fraction of sp³-hybridized carbons (Fsp3) is 0.318. The maximum Gasteiger partial charge on any atom is 0.256 e. The number of morpholine rings is 1. The molecule has 140 valence electrons. The number of fused-ring (bicyclic) bond motifs is 4. The normalized spacial score (nSPS) is 25.9. The largest absolute Gasteiger partial charge is 0.356 e. The lowest BCUT2D eigenvalue weighted by Gasteiger charge is -2.45. The van der Waals surface area contributed by atoms with Crippen molar-refractivity contribution in [3.05, 3.63) is 53.6 Å². The first kappa shape index (κ1) is 16.2. The van der Waals surface area contributed by atoms with Crippen molar-refractivity contribution in [3.8, 4) is 0 Å². The van der Waals surface area contributed by atoms with Crippen molar-refractivity contribution in [2.75, 3.05) is 6.54 Å². The lowest BCUT2D eigenvalue weighted by molar-refractivity contribution is -0.250. The second kappa shape index (κ2) is 5.16. The smallest absolute Gasteiger partial charge is 0.256 e. The van der Waals surface area contributed by atoms with Crippen molar-refractivity contribution in [3.63, 3.8) is 0 Å². The summed E-state index contributed by atoms with van der Waals surface area (Å²) in [5, 5.41) is 14.6. The van der Waals surface area contributed by atoms with Crippen molar-refractivity contribution in [2.24, 2.45) is 5.92 Å². The van der Waals surface area contributed by atoms with E-state index in [1.54, 1.807) is 11.1 Å². The van der Waals surface area contributed by atoms with Crippen LogP contribution in [0.4, 0.5) is 0 Å². The molecule has 6 heteroatoms. The van der Waals surface area contributed by atoms with Crippen LogP contribution in [0.15, 0.2) is 42.2 Å². The van der Waals surface area contributed by atoms with Crippen LogP contribution in [0, 0.1) is 5.92 Å². The number of aliphatic hydroxyl groups is 1. The fourth-order valence-corrected chi connectivity index (χ4v) is 4.86. The number of amides is 1. The number of ether oxygens (including phenoxy) is 1. The van der Waals surface area contributed by atoms with Gasteiger partial charge in [0.15, 0.2) is 0 Å². The maximum atomic E-state index is 13.0. The number of carbonyl (C=O) groups excluding carboxylic acids is 1. The number of para-hydroxylation sites is 1. The van der Waals surface area contributed by atoms with Gasteiger partial charge in [-0.25, -0.2) is 4.98 Å². The Morgan fingerprint density at radius 2 is 2.07 bits per heavy atom. The number of benzene rings is 1. The Labute approximate surface area is 161 Å². The molecule has 1 aliphatic carbocycles. The molecule has 6 rings (SSSR count). The van der Waals surface area contributed by atoms with Crippen molar-refractivity contribution < 1.29 is 14.6 Å². The number of aromatic nitrogens is 2. The molecule has 3 aliphatic rings. The Bertz CT molecular complexity index is 1230. The summed E-state index contributed by atoms with van der Waals surface area (Å²) in [6.45, 7) is 4.39. The Kier molecular flexibility index (Phi) is 2.97. The Balaban J connectivity index is 1.75. The van der Waals surface area contributed by atoms with Gasteiger partial charge >= 0.3 is 0 Å². The molecule has 1 amide bonds. The standard InChI is InChI=1S/C22H19N3O3/c1-11(2)18-21(26)25-10-8-14-17-16-13(12-5-3-4-6-15(12)24-17)7-9-23-19(16)22(27,28-18)20(14)25/h3-7,9,11,18,27H,8,10H2,1-2H3/t18-,22+/m1/s1. The van der Waals surface area contributed by atoms with Crippen LogP contribution in [0.25, 0.3) is 27.2 Å². The topological polar surface area (TPSA) is 75.6 Å². The zero-order valence-corrected chi connectivity index (χ0v) is 15.6. The van der Waals surface area contributed by atoms with Crippen LogP contribution in [0.1, 0.15) is 31.7 Å². The molecule has 2 atom stereocenters. The summed E-state index contributed by atoms with van der Waals surface area (Å²) in [6.07, 6.45) is 1.63. The van der Waals surface area contributed by atoms with E-state index in [0.29, 0.717) is 24.4 Å². The Morgan fingerprint density at radius 1 is 1.25 bits per heavy atom. The number of nitrogens with zero attached hydrogens (tertiary/aromatic N) is 3. The number of carbonyl (C=O) groups is 1. The highest BCUT2D eigenvalue weighted by Gasteiger charge is 2.57. The highest BCUT2D eigenvalue weighted by molar-refractivity contribution is 6.12. The van der Waals surface area contributed by atoms with E-state index in [9.17, 15) is 9.90 Å². The molecule has 0 unspecified atom stereocenters. The van der Waals surface area contributed by atoms with Gasteiger partial charge in [-0.1, -0.05) is 32.0 Å². The van der Waals surface area contributed by atoms with Crippen molar-refractivity contribution in [2.45, 2.75) is 32.2 Å².